The number of nitrogens with one attached hydrogen (secondary N) is 1. The number of ether oxygens (including phenoxy) is 2. The highest BCUT2D eigenvalue weighted by atomic mass is 16.5. The van der Waals surface area contributed by atoms with E-state index in [2.05, 4.69) is 12.2 Å². The molecular formula is C18H25N3O4. The van der Waals surface area contributed by atoms with Gasteiger partial charge in [-0.2, -0.15) is 0 Å². The number of anilines is 1. The average molecular weight is 347 g/mol. The summed E-state index contributed by atoms with van der Waals surface area (Å²) in [6.07, 6.45) is 0.242. The van der Waals surface area contributed by atoms with Crippen LogP contribution in [0.3, 0.4) is 0 Å². The van der Waals surface area contributed by atoms with Gasteiger partial charge in [0.2, 0.25) is 11.8 Å². The van der Waals surface area contributed by atoms with E-state index in [1.807, 2.05) is 4.90 Å². The summed E-state index contributed by atoms with van der Waals surface area (Å²) >= 11 is 0. The SMILES string of the molecule is COc1ccc(N2C[C@H](C(=O)N3CCN[C@H](C)C3)CC2=O)c(OC)c1. The fourth-order valence-electron chi connectivity index (χ4n) is 3.50. The van der Waals surface area contributed by atoms with Crippen LogP contribution >= 0.6 is 0 Å². The molecule has 0 aliphatic carbocycles. The smallest absolute Gasteiger partial charge is 0.228 e. The number of nitrogens with zero attached hydrogens (tertiary/aromatic N) is 2. The van der Waals surface area contributed by atoms with Crippen molar-refractivity contribution in [2.75, 3.05) is 45.3 Å². The van der Waals surface area contributed by atoms with Crippen LogP contribution in [0, 0.1) is 5.92 Å². The van der Waals surface area contributed by atoms with E-state index in [-0.39, 0.29) is 30.2 Å². The molecule has 2 heterocycles. The molecule has 1 aromatic carbocycles. The highest BCUT2D eigenvalue weighted by Gasteiger charge is 2.38. The second-order valence-electron chi connectivity index (χ2n) is 6.58. The molecule has 1 N–H and O–H groups in total. The van der Waals surface area contributed by atoms with Crippen LogP contribution in [0.5, 0.6) is 11.5 Å². The summed E-state index contributed by atoms with van der Waals surface area (Å²) in [7, 11) is 3.14. The minimum Gasteiger partial charge on any atom is -0.497 e. The number of hydrogen-bond donors (Lipinski definition) is 1. The van der Waals surface area contributed by atoms with Crippen LogP contribution in [0.25, 0.3) is 0 Å². The van der Waals surface area contributed by atoms with Gasteiger partial charge >= 0.3 is 0 Å². The lowest BCUT2D eigenvalue weighted by Gasteiger charge is -2.33. The maximum absolute atomic E-state index is 12.8. The van der Waals surface area contributed by atoms with Gasteiger partial charge in [0, 0.05) is 44.7 Å². The topological polar surface area (TPSA) is 71.1 Å². The van der Waals surface area contributed by atoms with Gasteiger partial charge in [-0.15, -0.1) is 0 Å². The minimum atomic E-state index is -0.301. The molecule has 0 radical (unpaired) electrons. The van der Waals surface area contributed by atoms with Crippen molar-refractivity contribution < 1.29 is 19.1 Å². The lowest BCUT2D eigenvalue weighted by atomic mass is 10.1. The molecule has 136 valence electrons. The van der Waals surface area contributed by atoms with Gasteiger partial charge in [-0.3, -0.25) is 9.59 Å². The van der Waals surface area contributed by atoms with Crippen molar-refractivity contribution in [1.82, 2.24) is 10.2 Å². The van der Waals surface area contributed by atoms with E-state index in [1.54, 1.807) is 37.3 Å². The Hall–Kier alpha value is -2.28. The molecule has 0 aromatic heterocycles. The zero-order valence-electron chi connectivity index (χ0n) is 14.9. The van der Waals surface area contributed by atoms with E-state index in [0.717, 1.165) is 6.54 Å². The zero-order chi connectivity index (χ0) is 18.0. The third-order valence-corrected chi connectivity index (χ3v) is 4.83. The molecule has 0 spiro atoms. The summed E-state index contributed by atoms with van der Waals surface area (Å²) in [5.41, 5.74) is 0.678. The van der Waals surface area contributed by atoms with Gasteiger partial charge in [0.05, 0.1) is 25.8 Å². The molecule has 0 bridgehead atoms. The van der Waals surface area contributed by atoms with Gasteiger partial charge in [0.15, 0.2) is 0 Å². The Bertz CT molecular complexity index is 664. The first-order valence-electron chi connectivity index (χ1n) is 8.58. The Morgan fingerprint density at radius 3 is 2.72 bits per heavy atom. The van der Waals surface area contributed by atoms with Crippen molar-refractivity contribution in [3.05, 3.63) is 18.2 Å². The Balaban J connectivity index is 1.75. The zero-order valence-corrected chi connectivity index (χ0v) is 14.9. The third kappa shape index (κ3) is 3.56. The summed E-state index contributed by atoms with van der Waals surface area (Å²) < 4.78 is 10.6. The number of benzene rings is 1. The van der Waals surface area contributed by atoms with Gasteiger partial charge in [-0.1, -0.05) is 0 Å². The molecule has 2 aliphatic rings. The second kappa shape index (κ2) is 7.31. The summed E-state index contributed by atoms with van der Waals surface area (Å²) in [6.45, 7) is 4.63. The van der Waals surface area contributed by atoms with Crippen LogP contribution in [-0.2, 0) is 9.59 Å². The molecule has 0 saturated carbocycles. The lowest BCUT2D eigenvalue weighted by Crippen LogP contribution is -2.53. The Kier molecular flexibility index (Phi) is 5.13. The van der Waals surface area contributed by atoms with Crippen molar-refractivity contribution in [3.8, 4) is 11.5 Å². The Morgan fingerprint density at radius 2 is 2.04 bits per heavy atom. The molecule has 2 saturated heterocycles. The van der Waals surface area contributed by atoms with Crippen molar-refractivity contribution in [2.45, 2.75) is 19.4 Å². The first-order valence-corrected chi connectivity index (χ1v) is 8.58. The number of carbonyl (C=O) groups is 2. The predicted octanol–water partition coefficient (Wildman–Crippen LogP) is 0.877. The molecule has 2 atom stereocenters. The molecule has 2 aliphatic heterocycles. The molecule has 2 fully saturated rings. The van der Waals surface area contributed by atoms with Crippen LogP contribution in [0.15, 0.2) is 18.2 Å². The predicted molar refractivity (Wildman–Crippen MR) is 94.1 cm³/mol. The first-order chi connectivity index (χ1) is 12.0. The molecule has 7 heteroatoms. The van der Waals surface area contributed by atoms with Crippen molar-refractivity contribution in [1.29, 1.82) is 0 Å². The highest BCUT2D eigenvalue weighted by molar-refractivity contribution is 6.01. The first kappa shape index (κ1) is 17.5. The Labute approximate surface area is 147 Å². The largest absolute Gasteiger partial charge is 0.497 e. The van der Waals surface area contributed by atoms with E-state index in [0.29, 0.717) is 36.8 Å². The van der Waals surface area contributed by atoms with E-state index in [4.69, 9.17) is 9.47 Å². The monoisotopic (exact) mass is 347 g/mol. The van der Waals surface area contributed by atoms with Gasteiger partial charge in [-0.05, 0) is 19.1 Å². The lowest BCUT2D eigenvalue weighted by molar-refractivity contribution is -0.136. The molecule has 0 unspecified atom stereocenters. The summed E-state index contributed by atoms with van der Waals surface area (Å²) in [4.78, 5) is 28.8. The second-order valence-corrected chi connectivity index (χ2v) is 6.58. The number of piperazine rings is 1. The summed E-state index contributed by atoms with van der Waals surface area (Å²) in [5.74, 6) is 0.942. The minimum absolute atomic E-state index is 0.0509. The van der Waals surface area contributed by atoms with E-state index < -0.39 is 0 Å². The van der Waals surface area contributed by atoms with Gasteiger partial charge < -0.3 is 24.6 Å². The van der Waals surface area contributed by atoms with E-state index in [1.165, 1.54) is 0 Å². The number of methoxy groups -OCH3 is 2. The molecule has 2 amide bonds. The fourth-order valence-corrected chi connectivity index (χ4v) is 3.50. The van der Waals surface area contributed by atoms with Crippen molar-refractivity contribution in [3.63, 3.8) is 0 Å². The molecule has 1 aromatic rings. The van der Waals surface area contributed by atoms with Crippen molar-refractivity contribution in [2.24, 2.45) is 5.92 Å². The van der Waals surface area contributed by atoms with Gasteiger partial charge in [-0.25, -0.2) is 0 Å². The van der Waals surface area contributed by atoms with Crippen LogP contribution < -0.4 is 19.7 Å². The van der Waals surface area contributed by atoms with Gasteiger partial charge in [0.1, 0.15) is 11.5 Å². The van der Waals surface area contributed by atoms with E-state index >= 15 is 0 Å². The Morgan fingerprint density at radius 1 is 1.24 bits per heavy atom. The quantitative estimate of drug-likeness (QED) is 0.875. The summed E-state index contributed by atoms with van der Waals surface area (Å²) in [5, 5.41) is 3.33. The normalized spacial score (nSPS) is 23.7. The molecular weight excluding hydrogens is 322 g/mol. The van der Waals surface area contributed by atoms with Crippen LogP contribution in [0.1, 0.15) is 13.3 Å². The maximum atomic E-state index is 12.8. The molecule has 25 heavy (non-hydrogen) atoms. The van der Waals surface area contributed by atoms with Crippen molar-refractivity contribution >= 4 is 17.5 Å². The number of hydrogen-bond acceptors (Lipinski definition) is 5. The standard InChI is InChI=1S/C18H25N3O4/c1-12-10-20(7-6-19-12)18(23)13-8-17(22)21(11-13)15-5-4-14(24-2)9-16(15)25-3/h4-5,9,12-13,19H,6-8,10-11H2,1-3H3/t12-,13-/m1/s1. The van der Waals surface area contributed by atoms with E-state index in [9.17, 15) is 9.59 Å². The average Bonchev–Trinajstić information content (AvgIpc) is 3.02. The molecule has 3 rings (SSSR count). The van der Waals surface area contributed by atoms with Crippen LogP contribution in [0.2, 0.25) is 0 Å². The van der Waals surface area contributed by atoms with Crippen LogP contribution in [-0.4, -0.2) is 63.2 Å². The maximum Gasteiger partial charge on any atom is 0.228 e. The van der Waals surface area contributed by atoms with Gasteiger partial charge in [0.25, 0.3) is 0 Å². The van der Waals surface area contributed by atoms with Crippen LogP contribution in [0.4, 0.5) is 5.69 Å². The number of rotatable bonds is 4. The summed E-state index contributed by atoms with van der Waals surface area (Å²) in [6, 6.07) is 5.62. The third-order valence-electron chi connectivity index (χ3n) is 4.83. The number of carbonyl (C=O) groups excluding carboxylic acids is 2. The molecule has 7 nitrogen and oxygen atoms in total. The number of amides is 2. The highest BCUT2D eigenvalue weighted by Crippen LogP contribution is 2.36. The fraction of sp³-hybridized carbons (Fsp3) is 0.556.